The molecular weight excluding hydrogens is 356 g/mol. The first kappa shape index (κ1) is 19.6. The maximum absolute atomic E-state index is 12.9. The summed E-state index contributed by atoms with van der Waals surface area (Å²) in [5.41, 5.74) is 2.12. The summed E-state index contributed by atoms with van der Waals surface area (Å²) in [4.78, 5) is 37.9. The molecule has 28 heavy (non-hydrogen) atoms. The summed E-state index contributed by atoms with van der Waals surface area (Å²) in [6, 6.07) is 12.4. The van der Waals surface area contributed by atoms with Crippen molar-refractivity contribution in [1.29, 1.82) is 0 Å². The highest BCUT2D eigenvalue weighted by Crippen LogP contribution is 2.48. The molecule has 1 fully saturated rings. The van der Waals surface area contributed by atoms with Gasteiger partial charge < -0.3 is 15.4 Å². The number of ether oxygens (including phenoxy) is 1. The summed E-state index contributed by atoms with van der Waals surface area (Å²) in [7, 11) is 0. The topological polar surface area (TPSA) is 84.5 Å². The third-order valence-corrected chi connectivity index (χ3v) is 5.01. The van der Waals surface area contributed by atoms with E-state index >= 15 is 0 Å². The minimum atomic E-state index is -1.11. The van der Waals surface area contributed by atoms with E-state index in [4.69, 9.17) is 4.74 Å². The van der Waals surface area contributed by atoms with Gasteiger partial charge in [-0.1, -0.05) is 30.3 Å². The lowest BCUT2D eigenvalue weighted by atomic mass is 10.0. The van der Waals surface area contributed by atoms with Gasteiger partial charge in [-0.2, -0.15) is 0 Å². The SMILES string of the molecule is CCOC(=O)c1ccccc1NC(=O)C1(C(=O)Nc2c(C)cccc2C)CC1. The molecule has 0 aliphatic heterocycles. The molecule has 0 aromatic heterocycles. The first-order valence-electron chi connectivity index (χ1n) is 9.34. The highest BCUT2D eigenvalue weighted by molar-refractivity contribution is 6.18. The molecule has 0 bridgehead atoms. The molecule has 2 N–H and O–H groups in total. The van der Waals surface area contributed by atoms with Gasteiger partial charge in [0.1, 0.15) is 5.41 Å². The summed E-state index contributed by atoms with van der Waals surface area (Å²) < 4.78 is 5.03. The Morgan fingerprint density at radius 2 is 1.54 bits per heavy atom. The molecule has 3 rings (SSSR count). The molecule has 2 aromatic carbocycles. The second-order valence-corrected chi connectivity index (χ2v) is 7.02. The number of nitrogens with one attached hydrogen (secondary N) is 2. The molecule has 146 valence electrons. The molecule has 0 atom stereocenters. The predicted octanol–water partition coefficient (Wildman–Crippen LogP) is 3.84. The zero-order chi connectivity index (χ0) is 20.3. The fraction of sp³-hybridized carbons (Fsp3) is 0.318. The Morgan fingerprint density at radius 3 is 2.14 bits per heavy atom. The number of hydrogen-bond acceptors (Lipinski definition) is 4. The zero-order valence-electron chi connectivity index (χ0n) is 16.3. The van der Waals surface area contributed by atoms with Crippen molar-refractivity contribution in [1.82, 2.24) is 0 Å². The molecule has 1 aliphatic carbocycles. The fourth-order valence-electron chi connectivity index (χ4n) is 3.15. The van der Waals surface area contributed by atoms with Gasteiger partial charge in [0.05, 0.1) is 17.9 Å². The van der Waals surface area contributed by atoms with E-state index in [9.17, 15) is 14.4 Å². The Labute approximate surface area is 164 Å². The van der Waals surface area contributed by atoms with Crippen molar-refractivity contribution in [3.05, 3.63) is 59.2 Å². The molecule has 2 aromatic rings. The molecular formula is C22H24N2O4. The van der Waals surface area contributed by atoms with Crippen molar-refractivity contribution in [2.24, 2.45) is 5.41 Å². The van der Waals surface area contributed by atoms with Crippen molar-refractivity contribution >= 4 is 29.2 Å². The van der Waals surface area contributed by atoms with Crippen LogP contribution in [0, 0.1) is 19.3 Å². The maximum atomic E-state index is 12.9. The van der Waals surface area contributed by atoms with E-state index in [-0.39, 0.29) is 18.1 Å². The number of esters is 1. The van der Waals surface area contributed by atoms with Crippen molar-refractivity contribution < 1.29 is 19.1 Å². The van der Waals surface area contributed by atoms with Crippen molar-refractivity contribution in [3.63, 3.8) is 0 Å². The lowest BCUT2D eigenvalue weighted by Gasteiger charge is -2.18. The number of para-hydroxylation sites is 2. The molecule has 0 saturated heterocycles. The van der Waals surface area contributed by atoms with E-state index in [2.05, 4.69) is 10.6 Å². The van der Waals surface area contributed by atoms with Crippen LogP contribution in [0.25, 0.3) is 0 Å². The van der Waals surface area contributed by atoms with E-state index < -0.39 is 17.3 Å². The Kier molecular flexibility index (Phi) is 5.49. The quantitative estimate of drug-likeness (QED) is 0.589. The van der Waals surface area contributed by atoms with Crippen LogP contribution in [0.3, 0.4) is 0 Å². The standard InChI is InChI=1S/C22H24N2O4/c1-4-28-19(25)16-10-5-6-11-17(16)23-20(26)22(12-13-22)21(27)24-18-14(2)8-7-9-15(18)3/h5-11H,4,12-13H2,1-3H3,(H,23,26)(H,24,27). The number of aryl methyl sites for hydroxylation is 2. The first-order valence-corrected chi connectivity index (χ1v) is 9.34. The number of carbonyl (C=O) groups excluding carboxylic acids is 3. The average Bonchev–Trinajstić information content (AvgIpc) is 3.47. The smallest absolute Gasteiger partial charge is 0.340 e. The van der Waals surface area contributed by atoms with Gasteiger partial charge in [-0.3, -0.25) is 9.59 Å². The Balaban J connectivity index is 1.78. The minimum absolute atomic E-state index is 0.239. The Morgan fingerprint density at radius 1 is 0.929 bits per heavy atom. The van der Waals surface area contributed by atoms with Crippen LogP contribution in [0.5, 0.6) is 0 Å². The van der Waals surface area contributed by atoms with Crippen LogP contribution in [0.1, 0.15) is 41.3 Å². The van der Waals surface area contributed by atoms with Gasteiger partial charge >= 0.3 is 5.97 Å². The van der Waals surface area contributed by atoms with Crippen molar-refractivity contribution in [3.8, 4) is 0 Å². The van der Waals surface area contributed by atoms with E-state index in [0.717, 1.165) is 16.8 Å². The zero-order valence-corrected chi connectivity index (χ0v) is 16.3. The van der Waals surface area contributed by atoms with Crippen LogP contribution < -0.4 is 10.6 Å². The number of rotatable bonds is 6. The highest BCUT2D eigenvalue weighted by atomic mass is 16.5. The Hall–Kier alpha value is -3.15. The number of amides is 2. The van der Waals surface area contributed by atoms with Gasteiger partial charge in [-0.15, -0.1) is 0 Å². The molecule has 2 amide bonds. The molecule has 6 heteroatoms. The Bertz CT molecular complexity index is 912. The molecule has 6 nitrogen and oxygen atoms in total. The first-order chi connectivity index (χ1) is 13.4. The van der Waals surface area contributed by atoms with E-state index in [1.807, 2.05) is 32.0 Å². The summed E-state index contributed by atoms with van der Waals surface area (Å²) in [5.74, 6) is -1.24. The van der Waals surface area contributed by atoms with Crippen LogP contribution >= 0.6 is 0 Å². The van der Waals surface area contributed by atoms with Crippen LogP contribution in [0.2, 0.25) is 0 Å². The second kappa shape index (κ2) is 7.84. The molecule has 1 aliphatic rings. The fourth-order valence-corrected chi connectivity index (χ4v) is 3.15. The minimum Gasteiger partial charge on any atom is -0.462 e. The number of benzene rings is 2. The summed E-state index contributed by atoms with van der Waals surface area (Å²) in [6.07, 6.45) is 0.939. The maximum Gasteiger partial charge on any atom is 0.340 e. The lowest BCUT2D eigenvalue weighted by molar-refractivity contribution is -0.131. The summed E-state index contributed by atoms with van der Waals surface area (Å²) in [5, 5.41) is 5.66. The molecule has 0 heterocycles. The monoisotopic (exact) mass is 380 g/mol. The largest absolute Gasteiger partial charge is 0.462 e. The molecule has 0 spiro atoms. The number of hydrogen-bond donors (Lipinski definition) is 2. The normalized spacial score (nSPS) is 14.1. The van der Waals surface area contributed by atoms with Gasteiger partial charge in [0.15, 0.2) is 0 Å². The van der Waals surface area contributed by atoms with E-state index in [1.165, 1.54) is 0 Å². The van der Waals surface area contributed by atoms with E-state index in [0.29, 0.717) is 18.5 Å². The second-order valence-electron chi connectivity index (χ2n) is 7.02. The number of carbonyl (C=O) groups is 3. The predicted molar refractivity (Wildman–Crippen MR) is 107 cm³/mol. The van der Waals surface area contributed by atoms with Gasteiger partial charge in [-0.05, 0) is 56.9 Å². The lowest BCUT2D eigenvalue weighted by Crippen LogP contribution is -2.36. The third kappa shape index (κ3) is 3.76. The van der Waals surface area contributed by atoms with Crippen LogP contribution in [0.4, 0.5) is 11.4 Å². The molecule has 0 radical (unpaired) electrons. The average molecular weight is 380 g/mol. The van der Waals surface area contributed by atoms with Gasteiger partial charge in [-0.25, -0.2) is 4.79 Å². The van der Waals surface area contributed by atoms with Crippen molar-refractivity contribution in [2.75, 3.05) is 17.2 Å². The van der Waals surface area contributed by atoms with Gasteiger partial charge in [0, 0.05) is 5.69 Å². The highest BCUT2D eigenvalue weighted by Gasteiger charge is 2.56. The number of anilines is 2. The van der Waals surface area contributed by atoms with Crippen LogP contribution in [-0.4, -0.2) is 24.4 Å². The van der Waals surface area contributed by atoms with Crippen LogP contribution in [0.15, 0.2) is 42.5 Å². The van der Waals surface area contributed by atoms with Gasteiger partial charge in [0.2, 0.25) is 11.8 Å². The third-order valence-electron chi connectivity index (χ3n) is 5.01. The summed E-state index contributed by atoms with van der Waals surface area (Å²) >= 11 is 0. The van der Waals surface area contributed by atoms with Gasteiger partial charge in [0.25, 0.3) is 0 Å². The van der Waals surface area contributed by atoms with Crippen LogP contribution in [-0.2, 0) is 14.3 Å². The van der Waals surface area contributed by atoms with E-state index in [1.54, 1.807) is 31.2 Å². The molecule has 1 saturated carbocycles. The summed E-state index contributed by atoms with van der Waals surface area (Å²) in [6.45, 7) is 5.79. The van der Waals surface area contributed by atoms with Crippen molar-refractivity contribution in [2.45, 2.75) is 33.6 Å². The molecule has 0 unspecified atom stereocenters.